The second kappa shape index (κ2) is 7.81. The Labute approximate surface area is 158 Å². The zero-order valence-electron chi connectivity index (χ0n) is 13.2. The summed E-state index contributed by atoms with van der Waals surface area (Å²) in [7, 11) is 0. The van der Waals surface area contributed by atoms with Crippen LogP contribution in [0, 0.1) is 6.92 Å². The number of carbonyl (C=O) groups is 1. The first-order chi connectivity index (χ1) is 12.0. The number of nitrogens with zero attached hydrogens (tertiary/aromatic N) is 4. The first-order valence-electron chi connectivity index (χ1n) is 7.34. The highest BCUT2D eigenvalue weighted by atomic mass is 35.5. The van der Waals surface area contributed by atoms with Crippen LogP contribution in [0.1, 0.15) is 16.1 Å². The predicted molar refractivity (Wildman–Crippen MR) is 99.1 cm³/mol. The summed E-state index contributed by atoms with van der Waals surface area (Å²) in [5, 5.41) is 10.2. The molecule has 0 saturated heterocycles. The second-order valence-corrected chi connectivity index (χ2v) is 7.37. The van der Waals surface area contributed by atoms with E-state index in [0.717, 1.165) is 17.0 Å². The van der Waals surface area contributed by atoms with E-state index in [1.807, 2.05) is 19.2 Å². The van der Waals surface area contributed by atoms with E-state index in [2.05, 4.69) is 25.7 Å². The lowest BCUT2D eigenvalue weighted by Crippen LogP contribution is -2.28. The van der Waals surface area contributed by atoms with E-state index in [0.29, 0.717) is 39.0 Å². The van der Waals surface area contributed by atoms with Crippen LogP contribution >= 0.6 is 34.5 Å². The zero-order chi connectivity index (χ0) is 17.8. The van der Waals surface area contributed by atoms with Crippen molar-refractivity contribution in [1.29, 1.82) is 0 Å². The number of rotatable bonds is 6. The van der Waals surface area contributed by atoms with E-state index in [-0.39, 0.29) is 5.91 Å². The maximum atomic E-state index is 12.0. The topological polar surface area (TPSA) is 84.7 Å². The van der Waals surface area contributed by atoms with Gasteiger partial charge in [0.2, 0.25) is 0 Å². The molecule has 0 saturated carbocycles. The van der Waals surface area contributed by atoms with E-state index in [4.69, 9.17) is 23.2 Å². The Kier molecular flexibility index (Phi) is 5.52. The van der Waals surface area contributed by atoms with Gasteiger partial charge in [-0.2, -0.15) is 5.10 Å². The Morgan fingerprint density at radius 1 is 1.28 bits per heavy atom. The lowest BCUT2D eigenvalue weighted by Gasteiger charge is -2.08. The first-order valence-corrected chi connectivity index (χ1v) is 8.92. The number of carbonyl (C=O) groups excluding carboxylic acids is 1. The smallest absolute Gasteiger partial charge is 0.253 e. The Bertz CT molecular complexity index is 894. The standard InChI is InChI=1S/C15H14Cl2N6OS/c1-9-2-5-23(22-9)13-7-12(20-8-21-13)18-3-4-19-15(24)10-6-11(16)25-14(10)17/h2,5-8H,3-4H2,1H3,(H,19,24)(H,18,20,21). The van der Waals surface area contributed by atoms with Crippen molar-refractivity contribution < 1.29 is 4.79 Å². The number of amides is 1. The van der Waals surface area contributed by atoms with E-state index in [9.17, 15) is 4.79 Å². The molecule has 130 valence electrons. The van der Waals surface area contributed by atoms with Crippen LogP contribution in [0.25, 0.3) is 5.82 Å². The quantitative estimate of drug-likeness (QED) is 0.624. The van der Waals surface area contributed by atoms with Gasteiger partial charge in [0.25, 0.3) is 5.91 Å². The molecule has 0 aliphatic heterocycles. The van der Waals surface area contributed by atoms with Crippen LogP contribution in [0.3, 0.4) is 0 Å². The fraction of sp³-hybridized carbons (Fsp3) is 0.200. The number of aromatic nitrogens is 4. The molecule has 0 unspecified atom stereocenters. The van der Waals surface area contributed by atoms with E-state index in [1.54, 1.807) is 16.8 Å². The molecule has 3 rings (SSSR count). The zero-order valence-corrected chi connectivity index (χ0v) is 15.5. The van der Waals surface area contributed by atoms with Crippen LogP contribution in [0.4, 0.5) is 5.82 Å². The number of hydrogen-bond acceptors (Lipinski definition) is 6. The Balaban J connectivity index is 1.52. The molecule has 3 heterocycles. The fourth-order valence-corrected chi connectivity index (χ4v) is 3.53. The lowest BCUT2D eigenvalue weighted by molar-refractivity contribution is 0.0956. The molecule has 0 spiro atoms. The van der Waals surface area contributed by atoms with Crippen molar-refractivity contribution in [2.45, 2.75) is 6.92 Å². The summed E-state index contributed by atoms with van der Waals surface area (Å²) in [5.74, 6) is 1.05. The number of halogens is 2. The predicted octanol–water partition coefficient (Wildman–Crippen LogP) is 3.18. The minimum atomic E-state index is -0.259. The molecule has 0 fully saturated rings. The largest absolute Gasteiger partial charge is 0.368 e. The minimum absolute atomic E-state index is 0.259. The van der Waals surface area contributed by atoms with Gasteiger partial charge < -0.3 is 10.6 Å². The van der Waals surface area contributed by atoms with Crippen LogP contribution in [0.5, 0.6) is 0 Å². The molecule has 3 aromatic heterocycles. The van der Waals surface area contributed by atoms with Crippen molar-refractivity contribution in [2.75, 3.05) is 18.4 Å². The van der Waals surface area contributed by atoms with Crippen LogP contribution in [-0.4, -0.2) is 38.7 Å². The van der Waals surface area contributed by atoms with Gasteiger partial charge in [-0.25, -0.2) is 14.6 Å². The van der Waals surface area contributed by atoms with Crippen molar-refractivity contribution in [2.24, 2.45) is 0 Å². The molecule has 0 bridgehead atoms. The summed E-state index contributed by atoms with van der Waals surface area (Å²) in [5.41, 5.74) is 1.29. The molecule has 0 aromatic carbocycles. The Morgan fingerprint density at radius 3 is 2.80 bits per heavy atom. The number of anilines is 1. The molecular formula is C15H14Cl2N6OS. The third kappa shape index (κ3) is 4.47. The van der Waals surface area contributed by atoms with Crippen molar-refractivity contribution in [3.8, 4) is 5.82 Å². The highest BCUT2D eigenvalue weighted by Crippen LogP contribution is 2.30. The number of hydrogen-bond donors (Lipinski definition) is 2. The first kappa shape index (κ1) is 17.7. The summed E-state index contributed by atoms with van der Waals surface area (Å²) in [6.45, 7) is 2.81. The molecule has 7 nitrogen and oxygen atoms in total. The highest BCUT2D eigenvalue weighted by molar-refractivity contribution is 7.20. The lowest BCUT2D eigenvalue weighted by atomic mass is 10.3. The maximum absolute atomic E-state index is 12.0. The van der Waals surface area contributed by atoms with Gasteiger partial charge in [-0.05, 0) is 19.1 Å². The van der Waals surface area contributed by atoms with Gasteiger partial charge in [0.1, 0.15) is 16.5 Å². The third-order valence-corrected chi connectivity index (χ3v) is 4.72. The Morgan fingerprint density at radius 2 is 2.12 bits per heavy atom. The minimum Gasteiger partial charge on any atom is -0.368 e. The SMILES string of the molecule is Cc1ccn(-c2cc(NCCNC(=O)c3cc(Cl)sc3Cl)ncn2)n1. The van der Waals surface area contributed by atoms with Gasteiger partial charge >= 0.3 is 0 Å². The van der Waals surface area contributed by atoms with E-state index < -0.39 is 0 Å². The monoisotopic (exact) mass is 396 g/mol. The highest BCUT2D eigenvalue weighted by Gasteiger charge is 2.13. The normalized spacial score (nSPS) is 10.7. The second-order valence-electron chi connectivity index (χ2n) is 5.08. The number of aryl methyl sites for hydroxylation is 1. The molecule has 0 aliphatic carbocycles. The molecule has 10 heteroatoms. The molecule has 0 aliphatic rings. The molecule has 0 atom stereocenters. The average molecular weight is 397 g/mol. The van der Waals surface area contributed by atoms with Crippen molar-refractivity contribution >= 4 is 46.3 Å². The summed E-state index contributed by atoms with van der Waals surface area (Å²) in [4.78, 5) is 20.4. The van der Waals surface area contributed by atoms with Crippen molar-refractivity contribution in [3.05, 3.63) is 50.7 Å². The van der Waals surface area contributed by atoms with Crippen LogP contribution in [0.2, 0.25) is 8.67 Å². The third-order valence-electron chi connectivity index (χ3n) is 3.23. The number of nitrogens with one attached hydrogen (secondary N) is 2. The van der Waals surface area contributed by atoms with E-state index >= 15 is 0 Å². The van der Waals surface area contributed by atoms with Gasteiger partial charge in [-0.3, -0.25) is 4.79 Å². The molecule has 2 N–H and O–H groups in total. The molecule has 3 aromatic rings. The van der Waals surface area contributed by atoms with E-state index in [1.165, 1.54) is 6.33 Å². The molecule has 1 amide bonds. The van der Waals surface area contributed by atoms with Crippen molar-refractivity contribution in [1.82, 2.24) is 25.1 Å². The van der Waals surface area contributed by atoms with Gasteiger partial charge in [0, 0.05) is 25.4 Å². The summed E-state index contributed by atoms with van der Waals surface area (Å²) >= 11 is 13.0. The molecule has 0 radical (unpaired) electrons. The van der Waals surface area contributed by atoms with Gasteiger partial charge in [0.05, 0.1) is 15.6 Å². The summed E-state index contributed by atoms with van der Waals surface area (Å²) < 4.78 is 2.53. The van der Waals surface area contributed by atoms with Crippen LogP contribution in [0.15, 0.2) is 30.7 Å². The maximum Gasteiger partial charge on any atom is 0.253 e. The van der Waals surface area contributed by atoms with Gasteiger partial charge in [-0.15, -0.1) is 11.3 Å². The Hall–Kier alpha value is -2.16. The average Bonchev–Trinajstić information content (AvgIpc) is 3.17. The number of thiophene rings is 1. The van der Waals surface area contributed by atoms with Crippen LogP contribution < -0.4 is 10.6 Å². The van der Waals surface area contributed by atoms with Gasteiger partial charge in [-0.1, -0.05) is 23.2 Å². The molecule has 25 heavy (non-hydrogen) atoms. The van der Waals surface area contributed by atoms with Gasteiger partial charge in [0.15, 0.2) is 5.82 Å². The van der Waals surface area contributed by atoms with Crippen molar-refractivity contribution in [3.63, 3.8) is 0 Å². The summed E-state index contributed by atoms with van der Waals surface area (Å²) in [6.07, 6.45) is 3.29. The fourth-order valence-electron chi connectivity index (χ4n) is 2.07. The summed E-state index contributed by atoms with van der Waals surface area (Å²) in [6, 6.07) is 5.23. The molecular weight excluding hydrogens is 383 g/mol. The van der Waals surface area contributed by atoms with Crippen LogP contribution in [-0.2, 0) is 0 Å².